The van der Waals surface area contributed by atoms with Gasteiger partial charge in [0, 0.05) is 31.0 Å². The average molecular weight is 321 g/mol. The van der Waals surface area contributed by atoms with Crippen molar-refractivity contribution < 1.29 is 9.47 Å². The molecule has 0 aliphatic carbocycles. The zero-order valence-corrected chi connectivity index (χ0v) is 13.4. The number of rotatable bonds is 4. The largest absolute Gasteiger partial charge is 0.353 e. The summed E-state index contributed by atoms with van der Waals surface area (Å²) in [7, 11) is 0. The van der Waals surface area contributed by atoms with E-state index in [0.29, 0.717) is 25.5 Å². The topological polar surface area (TPSA) is 45.5 Å². The van der Waals surface area contributed by atoms with Gasteiger partial charge in [-0.25, -0.2) is 0 Å². The molecule has 22 heavy (non-hydrogen) atoms. The van der Waals surface area contributed by atoms with E-state index >= 15 is 0 Å². The van der Waals surface area contributed by atoms with Crippen LogP contribution in [-0.2, 0) is 9.47 Å². The van der Waals surface area contributed by atoms with Crippen molar-refractivity contribution in [3.8, 4) is 6.07 Å². The van der Waals surface area contributed by atoms with Crippen molar-refractivity contribution in [3.63, 3.8) is 0 Å². The fourth-order valence-corrected chi connectivity index (χ4v) is 3.73. The van der Waals surface area contributed by atoms with Crippen molar-refractivity contribution in [2.24, 2.45) is 0 Å². The summed E-state index contributed by atoms with van der Waals surface area (Å²) in [6.07, 6.45) is 2.87. The molecule has 2 aliphatic heterocycles. The summed E-state index contributed by atoms with van der Waals surface area (Å²) in [5.41, 5.74) is 0.449. The molecule has 1 aromatic carbocycles. The monoisotopic (exact) mass is 320 g/mol. The lowest BCUT2D eigenvalue weighted by atomic mass is 9.80. The third-order valence-corrected chi connectivity index (χ3v) is 4.88. The molecule has 118 valence electrons. The molecule has 3 rings (SSSR count). The van der Waals surface area contributed by atoms with Crippen molar-refractivity contribution >= 4 is 17.3 Å². The first-order valence-corrected chi connectivity index (χ1v) is 8.35. The van der Waals surface area contributed by atoms with E-state index in [4.69, 9.17) is 21.1 Å². The maximum atomic E-state index is 10.00. The van der Waals surface area contributed by atoms with E-state index in [9.17, 15) is 5.26 Å². The Bertz CT molecular complexity index is 539. The van der Waals surface area contributed by atoms with Crippen molar-refractivity contribution in [3.05, 3.63) is 30.3 Å². The van der Waals surface area contributed by atoms with E-state index < -0.39 is 11.3 Å². The number of ether oxygens (including phenoxy) is 2. The summed E-state index contributed by atoms with van der Waals surface area (Å²) in [6.45, 7) is 1.98. The van der Waals surface area contributed by atoms with E-state index in [1.54, 1.807) is 0 Å². The van der Waals surface area contributed by atoms with Gasteiger partial charge >= 0.3 is 0 Å². The van der Waals surface area contributed by atoms with E-state index in [2.05, 4.69) is 23.1 Å². The summed E-state index contributed by atoms with van der Waals surface area (Å²) in [5, 5.41) is 10.00. The second-order valence-corrected chi connectivity index (χ2v) is 6.34. The van der Waals surface area contributed by atoms with Crippen LogP contribution in [0.4, 0.5) is 5.69 Å². The summed E-state index contributed by atoms with van der Waals surface area (Å²) in [4.78, 5) is 2.20. The fourth-order valence-electron chi connectivity index (χ4n) is 3.59. The highest BCUT2D eigenvalue weighted by molar-refractivity contribution is 6.17. The zero-order chi connectivity index (χ0) is 15.5. The predicted octanol–water partition coefficient (Wildman–Crippen LogP) is 3.31. The van der Waals surface area contributed by atoms with Crippen molar-refractivity contribution in [2.45, 2.75) is 37.0 Å². The second kappa shape index (κ2) is 6.45. The van der Waals surface area contributed by atoms with Crippen molar-refractivity contribution in [1.29, 1.82) is 5.26 Å². The van der Waals surface area contributed by atoms with Gasteiger partial charge in [0.15, 0.2) is 5.79 Å². The maximum absolute atomic E-state index is 10.00. The Labute approximate surface area is 136 Å². The standard InChI is InChI=1S/C17H21ClN2O2/c18-9-4-7-16(14-19)13-17(21-11-12-22-17)8-10-20(16)15-5-2-1-3-6-15/h1-3,5-6H,4,7-13H2. The van der Waals surface area contributed by atoms with Crippen LogP contribution in [0.5, 0.6) is 0 Å². The number of hydrogen-bond donors (Lipinski definition) is 0. The van der Waals surface area contributed by atoms with Gasteiger partial charge < -0.3 is 14.4 Å². The maximum Gasteiger partial charge on any atom is 0.173 e. The van der Waals surface area contributed by atoms with Gasteiger partial charge in [0.1, 0.15) is 5.54 Å². The van der Waals surface area contributed by atoms with Gasteiger partial charge in [0.2, 0.25) is 0 Å². The number of halogens is 1. The van der Waals surface area contributed by atoms with Gasteiger partial charge in [-0.3, -0.25) is 0 Å². The van der Waals surface area contributed by atoms with Gasteiger partial charge in [-0.1, -0.05) is 18.2 Å². The van der Waals surface area contributed by atoms with E-state index in [1.165, 1.54) is 0 Å². The molecule has 1 spiro atoms. The lowest BCUT2D eigenvalue weighted by Gasteiger charge is -2.49. The number of nitriles is 1. The van der Waals surface area contributed by atoms with Crippen LogP contribution in [0.2, 0.25) is 0 Å². The smallest absolute Gasteiger partial charge is 0.173 e. The van der Waals surface area contributed by atoms with Crippen LogP contribution in [-0.4, -0.2) is 37.0 Å². The molecular formula is C17H21ClN2O2. The first-order chi connectivity index (χ1) is 10.7. The number of alkyl halides is 1. The van der Waals surface area contributed by atoms with Crippen LogP contribution in [0.3, 0.4) is 0 Å². The van der Waals surface area contributed by atoms with Gasteiger partial charge in [-0.15, -0.1) is 11.6 Å². The van der Waals surface area contributed by atoms with E-state index in [1.807, 2.05) is 18.2 Å². The minimum Gasteiger partial charge on any atom is -0.353 e. The molecule has 0 radical (unpaired) electrons. The number of para-hydroxylation sites is 1. The molecule has 0 saturated carbocycles. The average Bonchev–Trinajstić information content (AvgIpc) is 3.01. The SMILES string of the molecule is N#CC1(CCCCl)CC2(CCN1c1ccccc1)OCCO2. The normalized spacial score (nSPS) is 27.0. The Morgan fingerprint density at radius 2 is 1.95 bits per heavy atom. The zero-order valence-electron chi connectivity index (χ0n) is 12.6. The predicted molar refractivity (Wildman–Crippen MR) is 86.0 cm³/mol. The quantitative estimate of drug-likeness (QED) is 0.798. The Hall–Kier alpha value is -1.28. The Kier molecular flexibility index (Phi) is 4.58. The Balaban J connectivity index is 1.93. The number of benzene rings is 1. The molecule has 2 aliphatic rings. The summed E-state index contributed by atoms with van der Waals surface area (Å²) in [6, 6.07) is 12.7. The lowest BCUT2D eigenvalue weighted by molar-refractivity contribution is -0.181. The summed E-state index contributed by atoms with van der Waals surface area (Å²) in [5.74, 6) is -0.0336. The van der Waals surface area contributed by atoms with Gasteiger partial charge in [-0.2, -0.15) is 5.26 Å². The van der Waals surface area contributed by atoms with E-state index in [-0.39, 0.29) is 0 Å². The molecule has 0 bridgehead atoms. The van der Waals surface area contributed by atoms with Crippen molar-refractivity contribution in [1.82, 2.24) is 0 Å². The van der Waals surface area contributed by atoms with Crippen LogP contribution in [0.15, 0.2) is 30.3 Å². The molecule has 4 nitrogen and oxygen atoms in total. The summed E-state index contributed by atoms with van der Waals surface area (Å²) >= 11 is 5.89. The van der Waals surface area contributed by atoms with E-state index in [0.717, 1.165) is 31.5 Å². The highest BCUT2D eigenvalue weighted by Crippen LogP contribution is 2.44. The Morgan fingerprint density at radius 1 is 1.23 bits per heavy atom. The molecule has 2 saturated heterocycles. The van der Waals surface area contributed by atoms with Gasteiger partial charge in [-0.05, 0) is 25.0 Å². The third-order valence-electron chi connectivity index (χ3n) is 4.61. The molecule has 0 aromatic heterocycles. The van der Waals surface area contributed by atoms with Gasteiger partial charge in [0.05, 0.1) is 19.3 Å². The van der Waals surface area contributed by atoms with Crippen LogP contribution >= 0.6 is 11.6 Å². The van der Waals surface area contributed by atoms with Crippen LogP contribution in [0, 0.1) is 11.3 Å². The third kappa shape index (κ3) is 2.81. The number of anilines is 1. The number of hydrogen-bond acceptors (Lipinski definition) is 4. The van der Waals surface area contributed by atoms with Crippen LogP contribution < -0.4 is 4.90 Å². The molecule has 2 heterocycles. The number of nitrogens with zero attached hydrogens (tertiary/aromatic N) is 2. The second-order valence-electron chi connectivity index (χ2n) is 5.96. The lowest BCUT2D eigenvalue weighted by Crippen LogP contribution is -2.59. The molecule has 5 heteroatoms. The fraction of sp³-hybridized carbons (Fsp3) is 0.588. The minimum absolute atomic E-state index is 0.556. The molecular weight excluding hydrogens is 300 g/mol. The van der Waals surface area contributed by atoms with Crippen LogP contribution in [0.1, 0.15) is 25.7 Å². The number of piperidine rings is 1. The molecule has 2 fully saturated rings. The molecule has 1 atom stereocenters. The van der Waals surface area contributed by atoms with Crippen molar-refractivity contribution in [2.75, 3.05) is 30.5 Å². The Morgan fingerprint density at radius 3 is 2.59 bits per heavy atom. The highest BCUT2D eigenvalue weighted by atomic mass is 35.5. The molecule has 0 amide bonds. The van der Waals surface area contributed by atoms with Crippen LogP contribution in [0.25, 0.3) is 0 Å². The summed E-state index contributed by atoms with van der Waals surface area (Å²) < 4.78 is 11.7. The minimum atomic E-state index is -0.626. The van der Waals surface area contributed by atoms with Gasteiger partial charge in [0.25, 0.3) is 0 Å². The first kappa shape index (κ1) is 15.6. The molecule has 1 aromatic rings. The first-order valence-electron chi connectivity index (χ1n) is 7.81. The highest BCUT2D eigenvalue weighted by Gasteiger charge is 2.52. The molecule has 0 N–H and O–H groups in total. The molecule has 1 unspecified atom stereocenters.